The normalized spacial score (nSPS) is 10.7. The maximum Gasteiger partial charge on any atom is 0.322 e. The van der Waals surface area contributed by atoms with Gasteiger partial charge in [0.05, 0.1) is 16.6 Å². The first kappa shape index (κ1) is 16.5. The third-order valence-electron chi connectivity index (χ3n) is 3.13. The van der Waals surface area contributed by atoms with Gasteiger partial charge in [0.2, 0.25) is 5.91 Å². The van der Waals surface area contributed by atoms with Crippen molar-refractivity contribution < 1.29 is 14.7 Å². The molecule has 0 saturated heterocycles. The fraction of sp³-hybridized carbons (Fsp3) is 0.118. The molecule has 0 spiro atoms. The van der Waals surface area contributed by atoms with Gasteiger partial charge in [-0.3, -0.25) is 9.59 Å². The fourth-order valence-electron chi connectivity index (χ4n) is 2.09. The van der Waals surface area contributed by atoms with Gasteiger partial charge in [0.15, 0.2) is 0 Å². The first-order chi connectivity index (χ1) is 11.6. The van der Waals surface area contributed by atoms with Crippen molar-refractivity contribution in [1.29, 1.82) is 0 Å². The number of fused-ring (bicyclic) bond motifs is 1. The molecule has 2 aromatic carbocycles. The molecule has 7 heteroatoms. The summed E-state index contributed by atoms with van der Waals surface area (Å²) in [5, 5.41) is 11.6. The van der Waals surface area contributed by atoms with Crippen LogP contribution in [0.2, 0.25) is 0 Å². The van der Waals surface area contributed by atoms with Crippen LogP contribution >= 0.6 is 23.1 Å². The second-order valence-electron chi connectivity index (χ2n) is 5.00. The molecule has 0 bridgehead atoms. The molecular formula is C17H14N2O3S2. The zero-order valence-corrected chi connectivity index (χ0v) is 14.2. The van der Waals surface area contributed by atoms with E-state index in [4.69, 9.17) is 5.11 Å². The monoisotopic (exact) mass is 358 g/mol. The Balaban J connectivity index is 1.72. The number of thiazole rings is 1. The van der Waals surface area contributed by atoms with Crippen LogP contribution in [0.5, 0.6) is 0 Å². The Hall–Kier alpha value is -2.38. The van der Waals surface area contributed by atoms with Gasteiger partial charge in [-0.15, -0.1) is 11.3 Å². The van der Waals surface area contributed by atoms with Gasteiger partial charge in [-0.05, 0) is 30.3 Å². The molecule has 0 aliphatic carbocycles. The highest BCUT2D eigenvalue weighted by Gasteiger charge is 2.10. The number of amides is 1. The van der Waals surface area contributed by atoms with Crippen molar-refractivity contribution in [3.8, 4) is 0 Å². The zero-order chi connectivity index (χ0) is 16.9. The van der Waals surface area contributed by atoms with Gasteiger partial charge >= 0.3 is 5.97 Å². The first-order valence-electron chi connectivity index (χ1n) is 7.21. The van der Waals surface area contributed by atoms with Gasteiger partial charge in [-0.25, -0.2) is 4.98 Å². The summed E-state index contributed by atoms with van der Waals surface area (Å²) < 4.78 is 1.01. The van der Waals surface area contributed by atoms with Gasteiger partial charge in [0.1, 0.15) is 11.6 Å². The van der Waals surface area contributed by atoms with E-state index in [1.165, 1.54) is 11.3 Å². The van der Waals surface area contributed by atoms with E-state index in [1.54, 1.807) is 11.8 Å². The Bertz CT molecular complexity index is 878. The van der Waals surface area contributed by atoms with Crippen LogP contribution in [0.3, 0.4) is 0 Å². The maximum atomic E-state index is 11.7. The van der Waals surface area contributed by atoms with Crippen molar-refractivity contribution >= 4 is 45.2 Å². The number of aliphatic carboxylic acids is 1. The summed E-state index contributed by atoms with van der Waals surface area (Å²) in [6.07, 6.45) is 0.0911. The van der Waals surface area contributed by atoms with Crippen LogP contribution in [0.15, 0.2) is 58.3 Å². The van der Waals surface area contributed by atoms with E-state index in [1.807, 2.05) is 48.5 Å². The number of aromatic nitrogens is 1. The summed E-state index contributed by atoms with van der Waals surface area (Å²) >= 11 is 3.10. The van der Waals surface area contributed by atoms with Crippen molar-refractivity contribution in [2.75, 3.05) is 6.54 Å². The Labute approximate surface area is 146 Å². The molecule has 0 atom stereocenters. The average Bonchev–Trinajstić information content (AvgIpc) is 2.95. The highest BCUT2D eigenvalue weighted by Crippen LogP contribution is 2.31. The lowest BCUT2D eigenvalue weighted by Gasteiger charge is -2.00. The van der Waals surface area contributed by atoms with Gasteiger partial charge in [0, 0.05) is 9.79 Å². The minimum Gasteiger partial charge on any atom is -0.480 e. The summed E-state index contributed by atoms with van der Waals surface area (Å²) in [5.41, 5.74) is 0.849. The predicted molar refractivity (Wildman–Crippen MR) is 94.5 cm³/mol. The molecule has 24 heavy (non-hydrogen) atoms. The summed E-state index contributed by atoms with van der Waals surface area (Å²) in [6, 6.07) is 16.1. The summed E-state index contributed by atoms with van der Waals surface area (Å²) in [7, 11) is 0. The third kappa shape index (κ3) is 4.33. The second kappa shape index (κ2) is 7.46. The number of nitrogens with one attached hydrogen (secondary N) is 1. The number of hydrogen-bond acceptors (Lipinski definition) is 5. The number of rotatable bonds is 6. The minimum atomic E-state index is -1.06. The van der Waals surface area contributed by atoms with Crippen LogP contribution in [-0.2, 0) is 16.0 Å². The van der Waals surface area contributed by atoms with E-state index < -0.39 is 5.97 Å². The van der Waals surface area contributed by atoms with Crippen molar-refractivity contribution in [2.45, 2.75) is 16.2 Å². The standard InChI is InChI=1S/C17H14N2O3S2/c20-15(18-10-17(21)22)9-16-19-13-8-12(6-7-14(13)24-16)23-11-4-2-1-3-5-11/h1-8H,9-10H2,(H,18,20)(H,21,22). The number of nitrogens with zero attached hydrogens (tertiary/aromatic N) is 1. The number of carbonyl (C=O) groups excluding carboxylic acids is 1. The molecule has 0 radical (unpaired) electrons. The van der Waals surface area contributed by atoms with E-state index >= 15 is 0 Å². The maximum absolute atomic E-state index is 11.7. The molecule has 0 aliphatic rings. The molecular weight excluding hydrogens is 344 g/mol. The molecule has 0 unspecified atom stereocenters. The Kier molecular flexibility index (Phi) is 5.12. The smallest absolute Gasteiger partial charge is 0.322 e. The van der Waals surface area contributed by atoms with Crippen LogP contribution in [0.4, 0.5) is 0 Å². The lowest BCUT2D eigenvalue weighted by atomic mass is 10.3. The molecule has 122 valence electrons. The predicted octanol–water partition coefficient (Wildman–Crippen LogP) is 3.19. The summed E-state index contributed by atoms with van der Waals surface area (Å²) in [4.78, 5) is 28.9. The number of benzene rings is 2. The van der Waals surface area contributed by atoms with E-state index in [0.717, 1.165) is 20.0 Å². The summed E-state index contributed by atoms with van der Waals surface area (Å²) in [5.74, 6) is -1.40. The highest BCUT2D eigenvalue weighted by atomic mass is 32.2. The van der Waals surface area contributed by atoms with Crippen LogP contribution in [0, 0.1) is 0 Å². The van der Waals surface area contributed by atoms with E-state index in [9.17, 15) is 9.59 Å². The Morgan fingerprint density at radius 3 is 2.67 bits per heavy atom. The van der Waals surface area contributed by atoms with Crippen LogP contribution in [0.25, 0.3) is 10.2 Å². The topological polar surface area (TPSA) is 79.3 Å². The molecule has 1 aromatic heterocycles. The number of carboxylic acid groups (broad SMARTS) is 1. The van der Waals surface area contributed by atoms with Crippen molar-refractivity contribution in [1.82, 2.24) is 10.3 Å². The van der Waals surface area contributed by atoms with E-state index in [-0.39, 0.29) is 18.9 Å². The van der Waals surface area contributed by atoms with Crippen molar-refractivity contribution in [2.24, 2.45) is 0 Å². The van der Waals surface area contributed by atoms with Gasteiger partial charge < -0.3 is 10.4 Å². The molecule has 1 heterocycles. The molecule has 5 nitrogen and oxygen atoms in total. The van der Waals surface area contributed by atoms with Crippen molar-refractivity contribution in [3.63, 3.8) is 0 Å². The lowest BCUT2D eigenvalue weighted by Crippen LogP contribution is -2.30. The minimum absolute atomic E-state index is 0.0911. The average molecular weight is 358 g/mol. The van der Waals surface area contributed by atoms with E-state index in [0.29, 0.717) is 5.01 Å². The third-order valence-corrected chi connectivity index (χ3v) is 5.16. The number of hydrogen-bond donors (Lipinski definition) is 2. The quantitative estimate of drug-likeness (QED) is 0.707. The fourth-order valence-corrected chi connectivity index (χ4v) is 3.91. The highest BCUT2D eigenvalue weighted by molar-refractivity contribution is 7.99. The van der Waals surface area contributed by atoms with Crippen LogP contribution in [-0.4, -0.2) is 28.5 Å². The summed E-state index contributed by atoms with van der Waals surface area (Å²) in [6.45, 7) is -0.373. The van der Waals surface area contributed by atoms with Gasteiger partial charge in [-0.2, -0.15) is 0 Å². The molecule has 0 fully saturated rings. The Morgan fingerprint density at radius 1 is 1.12 bits per heavy atom. The lowest BCUT2D eigenvalue weighted by molar-refractivity contribution is -0.137. The van der Waals surface area contributed by atoms with Crippen molar-refractivity contribution in [3.05, 3.63) is 53.5 Å². The number of carboxylic acids is 1. The molecule has 3 rings (SSSR count). The molecule has 0 aliphatic heterocycles. The van der Waals surface area contributed by atoms with Gasteiger partial charge in [-0.1, -0.05) is 30.0 Å². The largest absolute Gasteiger partial charge is 0.480 e. The molecule has 3 aromatic rings. The van der Waals surface area contributed by atoms with Crippen LogP contribution < -0.4 is 5.32 Å². The molecule has 0 saturated carbocycles. The van der Waals surface area contributed by atoms with Crippen LogP contribution in [0.1, 0.15) is 5.01 Å². The van der Waals surface area contributed by atoms with E-state index in [2.05, 4.69) is 10.3 Å². The Morgan fingerprint density at radius 2 is 1.92 bits per heavy atom. The SMILES string of the molecule is O=C(O)CNC(=O)Cc1nc2cc(Sc3ccccc3)ccc2s1. The second-order valence-corrected chi connectivity index (χ2v) is 7.26. The van der Waals surface area contributed by atoms with Gasteiger partial charge in [0.25, 0.3) is 0 Å². The molecule has 1 amide bonds. The number of carbonyl (C=O) groups is 2. The first-order valence-corrected chi connectivity index (χ1v) is 8.84. The molecule has 2 N–H and O–H groups in total. The zero-order valence-electron chi connectivity index (χ0n) is 12.6.